The van der Waals surface area contributed by atoms with Crippen LogP contribution in [0.2, 0.25) is 0 Å². The zero-order valence-corrected chi connectivity index (χ0v) is 23.9. The van der Waals surface area contributed by atoms with Gasteiger partial charge >= 0.3 is 11.9 Å². The molecule has 0 aliphatic heterocycles. The van der Waals surface area contributed by atoms with Crippen LogP contribution in [0.25, 0.3) is 32.7 Å². The zero-order chi connectivity index (χ0) is 32.8. The first-order valence-electron chi connectivity index (χ1n) is 13.5. The summed E-state index contributed by atoms with van der Waals surface area (Å²) in [6, 6.07) is 14.1. The minimum atomic E-state index is -1.14. The van der Waals surface area contributed by atoms with Gasteiger partial charge in [-0.05, 0) is 47.5 Å². The molecule has 0 amide bonds. The van der Waals surface area contributed by atoms with Crippen molar-refractivity contribution in [3.05, 3.63) is 94.4 Å². The van der Waals surface area contributed by atoms with Crippen molar-refractivity contribution in [3.63, 3.8) is 0 Å². The lowest BCUT2D eigenvalue weighted by Crippen LogP contribution is -2.32. The quantitative estimate of drug-likeness (QED) is 0.0706. The van der Waals surface area contributed by atoms with Gasteiger partial charge in [0.25, 0.3) is 5.69 Å². The van der Waals surface area contributed by atoms with E-state index in [-0.39, 0.29) is 24.0 Å². The number of aromatic nitrogens is 3. The number of rotatable bonds is 7. The van der Waals surface area contributed by atoms with Gasteiger partial charge in [-0.1, -0.05) is 12.1 Å². The van der Waals surface area contributed by atoms with Crippen molar-refractivity contribution in [2.24, 2.45) is 11.5 Å². The van der Waals surface area contributed by atoms with Crippen molar-refractivity contribution in [2.75, 3.05) is 17.2 Å². The largest absolute Gasteiger partial charge is 0.480 e. The van der Waals surface area contributed by atoms with Crippen LogP contribution in [0.4, 0.5) is 22.7 Å². The molecule has 3 aromatic carbocycles. The number of aromatic amines is 3. The Bertz CT molecular complexity index is 1990. The maximum Gasteiger partial charge on any atom is 0.320 e. The minimum absolute atomic E-state index is 0.0424. The van der Waals surface area contributed by atoms with Gasteiger partial charge in [0.15, 0.2) is 0 Å². The van der Waals surface area contributed by atoms with Gasteiger partial charge in [-0.15, -0.1) is 0 Å². The highest BCUT2D eigenvalue weighted by Gasteiger charge is 2.21. The van der Waals surface area contributed by atoms with Gasteiger partial charge in [-0.25, -0.2) is 0 Å². The van der Waals surface area contributed by atoms with Gasteiger partial charge in [0.2, 0.25) is 0 Å². The van der Waals surface area contributed by atoms with Crippen LogP contribution >= 0.6 is 0 Å². The second-order valence-electron chi connectivity index (χ2n) is 10.2. The molecule has 0 unspecified atom stereocenters. The second kappa shape index (κ2) is 13.5. The summed E-state index contributed by atoms with van der Waals surface area (Å²) in [7, 11) is 0. The van der Waals surface area contributed by atoms with E-state index in [0.717, 1.165) is 33.1 Å². The van der Waals surface area contributed by atoms with Crippen molar-refractivity contribution in [3.8, 4) is 0 Å². The van der Waals surface area contributed by atoms with Gasteiger partial charge in [-0.2, -0.15) is 0 Å². The Labute approximate surface area is 255 Å². The summed E-state index contributed by atoms with van der Waals surface area (Å²) in [5, 5.41) is 30.8. The molecule has 3 heterocycles. The molecule has 45 heavy (non-hydrogen) atoms. The summed E-state index contributed by atoms with van der Waals surface area (Å²) < 4.78 is 0. The fraction of sp³-hybridized carbons (Fsp3) is 0.133. The Kier molecular flexibility index (Phi) is 9.56. The van der Waals surface area contributed by atoms with Crippen LogP contribution in [0.5, 0.6) is 0 Å². The van der Waals surface area contributed by atoms with Crippen LogP contribution in [0.15, 0.2) is 73.2 Å². The molecule has 0 spiro atoms. The number of nitro groups is 1. The highest BCUT2D eigenvalue weighted by molar-refractivity contribution is 5.99. The summed E-state index contributed by atoms with van der Waals surface area (Å²) in [5.74, 6) is -2.15. The standard InChI is InChI=1S/C11H12N4O4.C11H13N3O2.C8H8N2/c12-6-1-2-8(15(18)19)10-9(6)5(4-14-10)3-7(13)11(16)17;12-7-2-1-3-9-10(7)6(5-14-9)4-8(13)11(15)16;9-7-2-1-3-8-6(7)4-5-10-8/h1-2,4,7,14H,3,12-13H2,(H,16,17);1-3,5,8,14H,4,12-13H2,(H,15,16);1-5,10H,9H2/t7-;8-;/m00./s1. The Balaban J connectivity index is 0.000000160. The average Bonchev–Trinajstić information content (AvgIpc) is 3.74. The number of nitrogens with zero attached hydrogens (tertiary/aromatic N) is 1. The molecule has 0 aliphatic rings. The predicted molar refractivity (Wildman–Crippen MR) is 173 cm³/mol. The molecule has 0 bridgehead atoms. The number of carboxylic acids is 2. The number of hydrogen-bond donors (Lipinski definition) is 10. The van der Waals surface area contributed by atoms with E-state index in [9.17, 15) is 19.7 Å². The van der Waals surface area contributed by atoms with Crippen LogP contribution < -0.4 is 28.7 Å². The molecule has 15 heteroatoms. The third-order valence-corrected chi connectivity index (χ3v) is 7.09. The van der Waals surface area contributed by atoms with Crippen molar-refractivity contribution in [1.29, 1.82) is 0 Å². The molecular weight excluding hydrogens is 582 g/mol. The number of aliphatic carboxylic acids is 2. The molecule has 2 atom stereocenters. The number of nitro benzene ring substituents is 1. The topological polar surface area (TPSA) is 295 Å². The van der Waals surface area contributed by atoms with Gasteiger partial charge in [0, 0.05) is 81.8 Å². The number of carboxylic acid groups (broad SMARTS) is 2. The lowest BCUT2D eigenvalue weighted by atomic mass is 10.0. The summed E-state index contributed by atoms with van der Waals surface area (Å²) in [6.07, 6.45) is 5.45. The SMILES string of the molecule is Nc1ccc([N+](=O)[O-])c2[nH]cc(C[C@H](N)C(=O)O)c12.Nc1cccc2[nH]cc(C[C@H](N)C(=O)O)c12.Nc1cccc2[nH]ccc12. The van der Waals surface area contributed by atoms with E-state index in [4.69, 9.17) is 38.9 Å². The Morgan fingerprint density at radius 1 is 0.733 bits per heavy atom. The number of anilines is 3. The molecule has 0 aliphatic carbocycles. The van der Waals surface area contributed by atoms with Gasteiger partial charge < -0.3 is 53.8 Å². The van der Waals surface area contributed by atoms with Crippen molar-refractivity contribution < 1.29 is 24.7 Å². The predicted octanol–water partition coefficient (Wildman–Crippen LogP) is 3.07. The summed E-state index contributed by atoms with van der Waals surface area (Å²) in [4.78, 5) is 40.7. The van der Waals surface area contributed by atoms with E-state index in [2.05, 4.69) is 15.0 Å². The van der Waals surface area contributed by atoms with Crippen molar-refractivity contribution in [2.45, 2.75) is 24.9 Å². The van der Waals surface area contributed by atoms with Crippen molar-refractivity contribution >= 4 is 67.4 Å². The molecule has 6 aromatic rings. The molecule has 15 N–H and O–H groups in total. The number of H-pyrrole nitrogens is 3. The molecule has 0 saturated heterocycles. The smallest absolute Gasteiger partial charge is 0.320 e. The zero-order valence-electron chi connectivity index (χ0n) is 23.9. The van der Waals surface area contributed by atoms with E-state index in [1.54, 1.807) is 12.3 Å². The van der Waals surface area contributed by atoms with Crippen LogP contribution in [0, 0.1) is 10.1 Å². The fourth-order valence-electron chi connectivity index (χ4n) is 4.85. The van der Waals surface area contributed by atoms with Gasteiger partial charge in [-0.3, -0.25) is 19.7 Å². The van der Waals surface area contributed by atoms with Crippen LogP contribution in [0.3, 0.4) is 0 Å². The number of hydrogen-bond acceptors (Lipinski definition) is 9. The highest BCUT2D eigenvalue weighted by atomic mass is 16.6. The lowest BCUT2D eigenvalue weighted by molar-refractivity contribution is -0.383. The van der Waals surface area contributed by atoms with E-state index in [1.807, 2.05) is 42.6 Å². The lowest BCUT2D eigenvalue weighted by Gasteiger charge is -2.06. The minimum Gasteiger partial charge on any atom is -0.480 e. The third kappa shape index (κ3) is 7.12. The first kappa shape index (κ1) is 31.9. The maximum atomic E-state index is 10.9. The molecule has 0 saturated carbocycles. The normalized spacial score (nSPS) is 12.1. The Hall–Kier alpha value is -6.06. The molecule has 15 nitrogen and oxygen atoms in total. The molecular formula is C30H33N9O6. The number of benzene rings is 3. The van der Waals surface area contributed by atoms with E-state index < -0.39 is 28.9 Å². The van der Waals surface area contributed by atoms with E-state index in [0.29, 0.717) is 22.3 Å². The second-order valence-corrected chi connectivity index (χ2v) is 10.2. The maximum absolute atomic E-state index is 10.9. The molecule has 234 valence electrons. The van der Waals surface area contributed by atoms with Gasteiger partial charge in [0.05, 0.1) is 4.92 Å². The first-order chi connectivity index (χ1) is 21.4. The number of non-ortho nitro benzene ring substituents is 1. The number of carbonyl (C=O) groups is 2. The van der Waals surface area contributed by atoms with E-state index >= 15 is 0 Å². The molecule has 6 rings (SSSR count). The Morgan fingerprint density at radius 3 is 1.89 bits per heavy atom. The highest BCUT2D eigenvalue weighted by Crippen LogP contribution is 2.32. The summed E-state index contributed by atoms with van der Waals surface area (Å²) >= 11 is 0. The van der Waals surface area contributed by atoms with Crippen LogP contribution in [-0.4, -0.2) is 54.1 Å². The first-order valence-corrected chi connectivity index (χ1v) is 13.5. The number of nitrogen functional groups attached to an aromatic ring is 3. The Morgan fingerprint density at radius 2 is 1.29 bits per heavy atom. The molecule has 0 radical (unpaired) electrons. The van der Waals surface area contributed by atoms with Crippen molar-refractivity contribution in [1.82, 2.24) is 15.0 Å². The summed E-state index contributed by atoms with van der Waals surface area (Å²) in [6.45, 7) is 0. The monoisotopic (exact) mass is 615 g/mol. The fourth-order valence-corrected chi connectivity index (χ4v) is 4.85. The van der Waals surface area contributed by atoms with Crippen LogP contribution in [-0.2, 0) is 22.4 Å². The number of nitrogens with one attached hydrogen (secondary N) is 3. The van der Waals surface area contributed by atoms with Gasteiger partial charge in [0.1, 0.15) is 17.6 Å². The molecule has 3 aromatic heterocycles. The molecule has 0 fully saturated rings. The third-order valence-electron chi connectivity index (χ3n) is 7.09. The average molecular weight is 616 g/mol. The summed E-state index contributed by atoms with van der Waals surface area (Å²) in [5.41, 5.74) is 33.6. The van der Waals surface area contributed by atoms with E-state index in [1.165, 1.54) is 18.3 Å². The number of nitrogens with two attached hydrogens (primary N) is 5. The number of fused-ring (bicyclic) bond motifs is 3. The van der Waals surface area contributed by atoms with Crippen LogP contribution in [0.1, 0.15) is 11.1 Å².